The molecule has 0 fully saturated rings. The summed E-state index contributed by atoms with van der Waals surface area (Å²) in [6.07, 6.45) is -10.3. The Morgan fingerprint density at radius 1 is 0.812 bits per heavy atom. The fourth-order valence-electron chi connectivity index (χ4n) is 3.16. The second-order valence-electron chi connectivity index (χ2n) is 6.93. The lowest BCUT2D eigenvalue weighted by atomic mass is 9.96. The van der Waals surface area contributed by atoms with Crippen molar-refractivity contribution < 1.29 is 41.0 Å². The van der Waals surface area contributed by atoms with Crippen LogP contribution < -0.4 is 4.74 Å². The molecule has 0 unspecified atom stereocenters. The van der Waals surface area contributed by atoms with Gasteiger partial charge < -0.3 is 9.84 Å². The van der Waals surface area contributed by atoms with Crippen LogP contribution in [0.15, 0.2) is 66.7 Å². The zero-order chi connectivity index (χ0) is 23.5. The Labute approximate surface area is 178 Å². The topological polar surface area (TPSA) is 46.5 Å². The number of hydrogen-bond donors (Lipinski definition) is 1. The number of alkyl halides is 6. The summed E-state index contributed by atoms with van der Waals surface area (Å²) < 4.78 is 84.9. The van der Waals surface area contributed by atoms with Crippen molar-refractivity contribution in [3.05, 3.63) is 89.0 Å². The number of aliphatic carboxylic acids is 1. The number of halogens is 6. The minimum atomic E-state index is -4.91. The largest absolute Gasteiger partial charge is 0.488 e. The number of ether oxygens (including phenoxy) is 1. The quantitative estimate of drug-likeness (QED) is 0.427. The molecule has 0 aliphatic carbocycles. The van der Waals surface area contributed by atoms with E-state index in [9.17, 15) is 31.1 Å². The average molecular weight is 454 g/mol. The van der Waals surface area contributed by atoms with Crippen LogP contribution in [0.1, 0.15) is 22.3 Å². The van der Waals surface area contributed by atoms with Crippen molar-refractivity contribution in [1.29, 1.82) is 0 Å². The lowest BCUT2D eigenvalue weighted by molar-refractivity contribution is -0.141. The SMILES string of the molecule is O=C(O)Cc1cc(-c2ccccc2)cc(OCc2ccc(C(F)(F)F)cc2)c1C(F)(F)F. The number of carboxylic acids is 1. The van der Waals surface area contributed by atoms with Gasteiger partial charge in [0, 0.05) is 0 Å². The van der Waals surface area contributed by atoms with Gasteiger partial charge in [-0.3, -0.25) is 4.79 Å². The van der Waals surface area contributed by atoms with E-state index in [1.807, 2.05) is 0 Å². The van der Waals surface area contributed by atoms with Crippen molar-refractivity contribution in [1.82, 2.24) is 0 Å². The van der Waals surface area contributed by atoms with Crippen LogP contribution in [-0.4, -0.2) is 11.1 Å². The van der Waals surface area contributed by atoms with E-state index < -0.39 is 53.8 Å². The second kappa shape index (κ2) is 8.94. The van der Waals surface area contributed by atoms with Gasteiger partial charge in [0.25, 0.3) is 0 Å². The molecule has 3 aromatic carbocycles. The van der Waals surface area contributed by atoms with E-state index in [-0.39, 0.29) is 5.56 Å². The molecule has 9 heteroatoms. The molecular weight excluding hydrogens is 438 g/mol. The molecule has 0 bridgehead atoms. The van der Waals surface area contributed by atoms with Crippen molar-refractivity contribution in [2.24, 2.45) is 0 Å². The summed E-state index contributed by atoms with van der Waals surface area (Å²) in [7, 11) is 0. The first kappa shape index (κ1) is 23.2. The van der Waals surface area contributed by atoms with Crippen LogP contribution in [0.5, 0.6) is 5.75 Å². The zero-order valence-electron chi connectivity index (χ0n) is 16.3. The predicted octanol–water partition coefficient (Wildman–Crippen LogP) is 6.60. The molecule has 0 atom stereocenters. The molecule has 0 spiro atoms. The molecule has 32 heavy (non-hydrogen) atoms. The van der Waals surface area contributed by atoms with Crippen molar-refractivity contribution >= 4 is 5.97 Å². The second-order valence-corrected chi connectivity index (χ2v) is 6.93. The molecule has 0 aliphatic heterocycles. The van der Waals surface area contributed by atoms with Gasteiger partial charge in [0.05, 0.1) is 12.0 Å². The predicted molar refractivity (Wildman–Crippen MR) is 104 cm³/mol. The third-order valence-electron chi connectivity index (χ3n) is 4.59. The van der Waals surface area contributed by atoms with Gasteiger partial charge in [0.1, 0.15) is 17.9 Å². The van der Waals surface area contributed by atoms with Gasteiger partial charge in [-0.05, 0) is 46.5 Å². The zero-order valence-corrected chi connectivity index (χ0v) is 16.3. The lowest BCUT2D eigenvalue weighted by Crippen LogP contribution is -2.15. The Hall–Kier alpha value is -3.49. The first-order chi connectivity index (χ1) is 14.9. The van der Waals surface area contributed by atoms with Gasteiger partial charge in [0.2, 0.25) is 0 Å². The van der Waals surface area contributed by atoms with E-state index in [4.69, 9.17) is 9.84 Å². The molecule has 3 rings (SSSR count). The number of hydrogen-bond acceptors (Lipinski definition) is 2. The van der Waals surface area contributed by atoms with Crippen LogP contribution >= 0.6 is 0 Å². The summed E-state index contributed by atoms with van der Waals surface area (Å²) in [5.41, 5.74) is -1.52. The Bertz CT molecular complexity index is 1090. The highest BCUT2D eigenvalue weighted by molar-refractivity contribution is 5.75. The van der Waals surface area contributed by atoms with E-state index in [1.165, 1.54) is 0 Å². The first-order valence-corrected chi connectivity index (χ1v) is 9.25. The van der Waals surface area contributed by atoms with Crippen LogP contribution in [0.25, 0.3) is 11.1 Å². The van der Waals surface area contributed by atoms with E-state index in [0.29, 0.717) is 11.1 Å². The molecule has 1 N–H and O–H groups in total. The van der Waals surface area contributed by atoms with Crippen LogP contribution in [0.2, 0.25) is 0 Å². The van der Waals surface area contributed by atoms with E-state index in [1.54, 1.807) is 30.3 Å². The average Bonchev–Trinajstić information content (AvgIpc) is 2.71. The summed E-state index contributed by atoms with van der Waals surface area (Å²) in [5, 5.41) is 9.11. The van der Waals surface area contributed by atoms with Crippen molar-refractivity contribution in [3.8, 4) is 16.9 Å². The fourth-order valence-corrected chi connectivity index (χ4v) is 3.16. The van der Waals surface area contributed by atoms with Crippen LogP contribution in [-0.2, 0) is 30.2 Å². The Kier molecular flexibility index (Phi) is 6.47. The molecule has 168 valence electrons. The van der Waals surface area contributed by atoms with Crippen molar-refractivity contribution in [2.45, 2.75) is 25.4 Å². The van der Waals surface area contributed by atoms with Gasteiger partial charge in [-0.15, -0.1) is 0 Å². The molecular formula is C23H16F6O3. The summed E-state index contributed by atoms with van der Waals surface area (Å²) >= 11 is 0. The highest BCUT2D eigenvalue weighted by Gasteiger charge is 2.38. The molecule has 0 radical (unpaired) electrons. The van der Waals surface area contributed by atoms with Gasteiger partial charge in [-0.1, -0.05) is 42.5 Å². The number of carboxylic acid groups (broad SMARTS) is 1. The fraction of sp³-hybridized carbons (Fsp3) is 0.174. The number of carbonyl (C=O) groups is 1. The highest BCUT2D eigenvalue weighted by Crippen LogP contribution is 2.42. The third-order valence-corrected chi connectivity index (χ3v) is 4.59. The maximum absolute atomic E-state index is 13.8. The molecule has 3 nitrogen and oxygen atoms in total. The van der Waals surface area contributed by atoms with Gasteiger partial charge in [-0.2, -0.15) is 26.3 Å². The van der Waals surface area contributed by atoms with Crippen LogP contribution in [0.4, 0.5) is 26.3 Å². The Morgan fingerprint density at radius 2 is 1.44 bits per heavy atom. The van der Waals surface area contributed by atoms with E-state index >= 15 is 0 Å². The molecule has 0 saturated heterocycles. The summed E-state index contributed by atoms with van der Waals surface area (Å²) in [4.78, 5) is 11.2. The lowest BCUT2D eigenvalue weighted by Gasteiger charge is -2.19. The maximum atomic E-state index is 13.8. The normalized spacial score (nSPS) is 11.9. The Balaban J connectivity index is 2.02. The van der Waals surface area contributed by atoms with Crippen LogP contribution in [0.3, 0.4) is 0 Å². The standard InChI is InChI=1S/C23H16F6O3/c24-22(25,26)18-8-6-14(7-9-18)13-32-19-11-16(15-4-2-1-3-5-15)10-17(12-20(30)31)21(19)23(27,28)29/h1-11H,12-13H2,(H,30,31). The summed E-state index contributed by atoms with van der Waals surface area (Å²) in [6.45, 7) is -0.439. The first-order valence-electron chi connectivity index (χ1n) is 9.25. The molecule has 0 aromatic heterocycles. The minimum absolute atomic E-state index is 0.219. The summed E-state index contributed by atoms with van der Waals surface area (Å²) in [6, 6.07) is 14.5. The van der Waals surface area contributed by atoms with Crippen molar-refractivity contribution in [2.75, 3.05) is 0 Å². The van der Waals surface area contributed by atoms with Crippen LogP contribution in [0, 0.1) is 0 Å². The van der Waals surface area contributed by atoms with E-state index in [2.05, 4.69) is 0 Å². The third kappa shape index (κ3) is 5.60. The molecule has 0 saturated carbocycles. The monoisotopic (exact) mass is 454 g/mol. The smallest absolute Gasteiger partial charge is 0.420 e. The van der Waals surface area contributed by atoms with Crippen molar-refractivity contribution in [3.63, 3.8) is 0 Å². The highest BCUT2D eigenvalue weighted by atomic mass is 19.4. The number of rotatable bonds is 6. The van der Waals surface area contributed by atoms with Gasteiger partial charge in [0.15, 0.2) is 0 Å². The molecule has 0 heterocycles. The molecule has 0 aliphatic rings. The Morgan fingerprint density at radius 3 is 1.97 bits per heavy atom. The maximum Gasteiger partial charge on any atom is 0.420 e. The molecule has 0 amide bonds. The van der Waals surface area contributed by atoms with Gasteiger partial charge in [-0.25, -0.2) is 0 Å². The summed E-state index contributed by atoms with van der Waals surface area (Å²) in [5.74, 6) is -2.05. The minimum Gasteiger partial charge on any atom is -0.488 e. The molecule has 3 aromatic rings. The number of benzene rings is 3. The van der Waals surface area contributed by atoms with Gasteiger partial charge >= 0.3 is 18.3 Å². The van der Waals surface area contributed by atoms with E-state index in [0.717, 1.165) is 36.4 Å².